The number of anilines is 1. The average molecular weight is 425 g/mol. The highest BCUT2D eigenvalue weighted by Crippen LogP contribution is 2.24. The van der Waals surface area contributed by atoms with Crippen LogP contribution in [-0.4, -0.2) is 23.9 Å². The van der Waals surface area contributed by atoms with Crippen LogP contribution >= 0.6 is 11.6 Å². The fourth-order valence-electron chi connectivity index (χ4n) is 3.60. The number of carbonyl (C=O) groups excluding carboxylic acids is 1. The average Bonchev–Trinajstić information content (AvgIpc) is 3.45. The normalized spacial score (nSPS) is 14.4. The van der Waals surface area contributed by atoms with Crippen LogP contribution in [0.3, 0.4) is 0 Å². The minimum absolute atomic E-state index is 0.137. The van der Waals surface area contributed by atoms with Crippen LogP contribution in [0.25, 0.3) is 6.08 Å². The molecule has 1 saturated heterocycles. The van der Waals surface area contributed by atoms with Gasteiger partial charge in [-0.25, -0.2) is 0 Å². The van der Waals surface area contributed by atoms with Crippen LogP contribution < -0.4 is 4.90 Å². The molecule has 0 bridgehead atoms. The first-order chi connectivity index (χ1) is 14.7. The molecule has 5 nitrogen and oxygen atoms in total. The highest BCUT2D eigenvalue weighted by atomic mass is 35.5. The Morgan fingerprint density at radius 2 is 1.80 bits per heavy atom. The molecular formula is C24H25ClN2O3. The van der Waals surface area contributed by atoms with E-state index < -0.39 is 0 Å². The van der Waals surface area contributed by atoms with Crippen molar-refractivity contribution in [2.45, 2.75) is 32.4 Å². The number of furan rings is 2. The molecule has 6 heteroatoms. The molecule has 0 radical (unpaired) electrons. The molecule has 1 fully saturated rings. The summed E-state index contributed by atoms with van der Waals surface area (Å²) in [4.78, 5) is 16.9. The van der Waals surface area contributed by atoms with Gasteiger partial charge < -0.3 is 18.6 Å². The van der Waals surface area contributed by atoms with Crippen LogP contribution in [0.5, 0.6) is 0 Å². The van der Waals surface area contributed by atoms with Crippen molar-refractivity contribution >= 4 is 29.5 Å². The lowest BCUT2D eigenvalue weighted by Gasteiger charge is -2.26. The summed E-state index contributed by atoms with van der Waals surface area (Å²) in [5, 5.41) is 0.608. The molecule has 1 aliphatic rings. The minimum Gasteiger partial charge on any atom is -0.467 e. The molecule has 0 saturated carbocycles. The van der Waals surface area contributed by atoms with Gasteiger partial charge in [0.05, 0.1) is 19.4 Å². The van der Waals surface area contributed by atoms with Crippen LogP contribution in [0.15, 0.2) is 69.7 Å². The zero-order chi connectivity index (χ0) is 20.8. The van der Waals surface area contributed by atoms with E-state index in [4.69, 9.17) is 20.4 Å². The molecule has 2 aromatic heterocycles. The standard InChI is InChI=1S/C24H25ClN2O3/c25-22-9-3-2-7-19(22)10-12-23(28)27(17-20-8-6-16-29-20)18-21-11-13-24(30-21)26-14-4-1-5-15-26/h2-3,6-13,16H,1,4-5,14-15,17-18H2/b12-10+. The van der Waals surface area contributed by atoms with Crippen molar-refractivity contribution in [3.8, 4) is 0 Å². The molecular weight excluding hydrogens is 400 g/mol. The van der Waals surface area contributed by atoms with Gasteiger partial charge in [-0.3, -0.25) is 4.79 Å². The molecule has 0 atom stereocenters. The molecule has 3 heterocycles. The summed E-state index contributed by atoms with van der Waals surface area (Å²) >= 11 is 6.20. The molecule has 0 unspecified atom stereocenters. The van der Waals surface area contributed by atoms with E-state index in [1.165, 1.54) is 19.3 Å². The first kappa shape index (κ1) is 20.4. The summed E-state index contributed by atoms with van der Waals surface area (Å²) in [5.41, 5.74) is 0.802. The number of rotatable bonds is 7. The second kappa shape index (κ2) is 9.72. The van der Waals surface area contributed by atoms with Crippen LogP contribution in [0.1, 0.15) is 36.3 Å². The molecule has 3 aromatic rings. The molecule has 0 spiro atoms. The summed E-state index contributed by atoms with van der Waals surface area (Å²) < 4.78 is 11.5. The molecule has 1 aromatic carbocycles. The van der Waals surface area contributed by atoms with E-state index in [-0.39, 0.29) is 5.91 Å². The number of carbonyl (C=O) groups is 1. The number of hydrogen-bond donors (Lipinski definition) is 0. The minimum atomic E-state index is -0.137. The topological polar surface area (TPSA) is 49.8 Å². The zero-order valence-electron chi connectivity index (χ0n) is 16.8. The van der Waals surface area contributed by atoms with Crippen LogP contribution in [0, 0.1) is 0 Å². The largest absolute Gasteiger partial charge is 0.467 e. The molecule has 1 amide bonds. The van der Waals surface area contributed by atoms with Gasteiger partial charge in [-0.2, -0.15) is 0 Å². The molecule has 30 heavy (non-hydrogen) atoms. The lowest BCUT2D eigenvalue weighted by molar-refractivity contribution is -0.127. The first-order valence-electron chi connectivity index (χ1n) is 10.3. The highest BCUT2D eigenvalue weighted by molar-refractivity contribution is 6.32. The van der Waals surface area contributed by atoms with Crippen molar-refractivity contribution in [2.24, 2.45) is 0 Å². The van der Waals surface area contributed by atoms with Gasteiger partial charge in [0, 0.05) is 30.3 Å². The highest BCUT2D eigenvalue weighted by Gasteiger charge is 2.18. The number of halogens is 1. The third-order valence-corrected chi connectivity index (χ3v) is 5.56. The molecule has 156 valence electrons. The smallest absolute Gasteiger partial charge is 0.247 e. The predicted octanol–water partition coefficient (Wildman–Crippen LogP) is 5.76. The van der Waals surface area contributed by atoms with Crippen molar-refractivity contribution in [1.29, 1.82) is 0 Å². The van der Waals surface area contributed by atoms with E-state index in [0.717, 1.165) is 36.1 Å². The number of hydrogen-bond acceptors (Lipinski definition) is 4. The van der Waals surface area contributed by atoms with E-state index in [2.05, 4.69) is 4.90 Å². The van der Waals surface area contributed by atoms with Gasteiger partial charge in [-0.05, 0) is 55.2 Å². The van der Waals surface area contributed by atoms with Crippen molar-refractivity contribution in [2.75, 3.05) is 18.0 Å². The van der Waals surface area contributed by atoms with E-state index >= 15 is 0 Å². The monoisotopic (exact) mass is 424 g/mol. The lowest BCUT2D eigenvalue weighted by Crippen LogP contribution is -2.29. The fraction of sp³-hybridized carbons (Fsp3) is 0.292. The number of piperidine rings is 1. The molecule has 0 N–H and O–H groups in total. The summed E-state index contributed by atoms with van der Waals surface area (Å²) in [6.07, 6.45) is 8.53. The lowest BCUT2D eigenvalue weighted by atomic mass is 10.1. The Kier molecular flexibility index (Phi) is 6.60. The Balaban J connectivity index is 1.49. The third-order valence-electron chi connectivity index (χ3n) is 5.21. The fourth-order valence-corrected chi connectivity index (χ4v) is 3.80. The van der Waals surface area contributed by atoms with Gasteiger partial charge in [-0.15, -0.1) is 0 Å². The Labute approximate surface area is 181 Å². The predicted molar refractivity (Wildman–Crippen MR) is 118 cm³/mol. The van der Waals surface area contributed by atoms with Gasteiger partial charge in [0.25, 0.3) is 0 Å². The van der Waals surface area contributed by atoms with Gasteiger partial charge >= 0.3 is 0 Å². The number of nitrogens with zero attached hydrogens (tertiary/aromatic N) is 2. The Hall–Kier alpha value is -2.92. The van der Waals surface area contributed by atoms with Gasteiger partial charge in [0.1, 0.15) is 11.5 Å². The summed E-state index contributed by atoms with van der Waals surface area (Å²) in [6.45, 7) is 2.75. The Morgan fingerprint density at radius 1 is 1.00 bits per heavy atom. The van der Waals surface area contributed by atoms with Crippen molar-refractivity contribution in [1.82, 2.24) is 4.90 Å². The summed E-state index contributed by atoms with van der Waals surface area (Å²) in [7, 11) is 0. The van der Waals surface area contributed by atoms with Crippen molar-refractivity contribution in [3.05, 3.63) is 83.0 Å². The van der Waals surface area contributed by atoms with E-state index in [1.54, 1.807) is 29.4 Å². The van der Waals surface area contributed by atoms with Gasteiger partial charge in [0.2, 0.25) is 5.91 Å². The summed E-state index contributed by atoms with van der Waals surface area (Å²) in [6, 6.07) is 15.1. The first-order valence-corrected chi connectivity index (χ1v) is 10.6. The molecule has 0 aliphatic carbocycles. The quantitative estimate of drug-likeness (QED) is 0.452. The SMILES string of the molecule is O=C(/C=C/c1ccccc1Cl)N(Cc1ccco1)Cc1ccc(N2CCCCC2)o1. The second-order valence-corrected chi connectivity index (χ2v) is 7.82. The van der Waals surface area contributed by atoms with E-state index in [1.807, 2.05) is 42.5 Å². The maximum atomic E-state index is 13.0. The van der Waals surface area contributed by atoms with Crippen LogP contribution in [0.2, 0.25) is 5.02 Å². The van der Waals surface area contributed by atoms with Gasteiger partial charge in [-0.1, -0.05) is 29.8 Å². The molecule has 1 aliphatic heterocycles. The zero-order valence-corrected chi connectivity index (χ0v) is 17.6. The maximum Gasteiger partial charge on any atom is 0.247 e. The second-order valence-electron chi connectivity index (χ2n) is 7.42. The van der Waals surface area contributed by atoms with Crippen molar-refractivity contribution in [3.63, 3.8) is 0 Å². The van der Waals surface area contributed by atoms with Gasteiger partial charge in [0.15, 0.2) is 5.88 Å². The Bertz CT molecular complexity index is 988. The number of amides is 1. The van der Waals surface area contributed by atoms with E-state index in [0.29, 0.717) is 18.1 Å². The van der Waals surface area contributed by atoms with Crippen LogP contribution in [0.4, 0.5) is 5.88 Å². The maximum absolute atomic E-state index is 13.0. The third kappa shape index (κ3) is 5.16. The number of benzene rings is 1. The summed E-state index contributed by atoms with van der Waals surface area (Å²) in [5.74, 6) is 2.21. The van der Waals surface area contributed by atoms with Crippen molar-refractivity contribution < 1.29 is 13.6 Å². The van der Waals surface area contributed by atoms with E-state index in [9.17, 15) is 4.79 Å². The molecule has 4 rings (SSSR count). The Morgan fingerprint density at radius 3 is 2.57 bits per heavy atom. The van der Waals surface area contributed by atoms with Crippen LogP contribution in [-0.2, 0) is 17.9 Å².